The topological polar surface area (TPSA) is 122 Å². The van der Waals surface area contributed by atoms with Crippen LogP contribution in [0.1, 0.15) is 19.3 Å². The van der Waals surface area contributed by atoms with Crippen molar-refractivity contribution in [1.29, 1.82) is 0 Å². The average Bonchev–Trinajstić information content (AvgIpc) is 2.61. The van der Waals surface area contributed by atoms with Crippen molar-refractivity contribution >= 4 is 34.0 Å². The van der Waals surface area contributed by atoms with Gasteiger partial charge < -0.3 is 10.2 Å². The Morgan fingerprint density at radius 1 is 1.42 bits per heavy atom. The lowest BCUT2D eigenvalue weighted by molar-refractivity contribution is -0.385. The third-order valence-corrected chi connectivity index (χ3v) is 5.61. The Morgan fingerprint density at radius 3 is 2.81 bits per heavy atom. The number of likely N-dealkylation sites (tertiary alicyclic amines) is 1. The smallest absolute Gasteiger partial charge is 0.270 e. The number of sulfonamides is 1. The van der Waals surface area contributed by atoms with Crippen LogP contribution >= 0.6 is 12.4 Å². The van der Waals surface area contributed by atoms with Crippen LogP contribution < -0.4 is 10.0 Å². The minimum Gasteiger partial charge on any atom is -0.341 e. The lowest BCUT2D eigenvalue weighted by Gasteiger charge is -2.32. The highest BCUT2D eigenvalue weighted by Crippen LogP contribution is 2.17. The number of nitro benzene ring substituents is 1. The summed E-state index contributed by atoms with van der Waals surface area (Å²) in [6, 6.07) is 5.06. The van der Waals surface area contributed by atoms with Crippen molar-refractivity contribution in [2.24, 2.45) is 0 Å². The van der Waals surface area contributed by atoms with Gasteiger partial charge in [0, 0.05) is 44.2 Å². The molecule has 11 heteroatoms. The molecule has 1 aliphatic heterocycles. The van der Waals surface area contributed by atoms with Crippen molar-refractivity contribution in [1.82, 2.24) is 14.9 Å². The molecule has 26 heavy (non-hydrogen) atoms. The lowest BCUT2D eigenvalue weighted by atomic mass is 10.1. The van der Waals surface area contributed by atoms with E-state index >= 15 is 0 Å². The fraction of sp³-hybridized carbons (Fsp3) is 0.533. The normalized spacial score (nSPS) is 17.4. The van der Waals surface area contributed by atoms with Gasteiger partial charge in [-0.2, -0.15) is 0 Å². The number of hydrogen-bond donors (Lipinski definition) is 2. The summed E-state index contributed by atoms with van der Waals surface area (Å²) in [5, 5.41) is 13.9. The van der Waals surface area contributed by atoms with Crippen LogP contribution in [-0.4, -0.2) is 56.9 Å². The Bertz CT molecular complexity index is 743. The first-order valence-electron chi connectivity index (χ1n) is 8.02. The molecule has 0 aliphatic carbocycles. The largest absolute Gasteiger partial charge is 0.341 e. The van der Waals surface area contributed by atoms with E-state index < -0.39 is 14.9 Å². The van der Waals surface area contributed by atoms with E-state index in [1.807, 2.05) is 7.05 Å². The van der Waals surface area contributed by atoms with E-state index in [1.54, 1.807) is 4.90 Å². The standard InChI is InChI=1S/C15H22N4O5S.ClH/c1-16-12-4-3-9-18(11-12)15(20)7-8-17-25(23,24)14-6-2-5-13(10-14)19(21)22;/h2,5-6,10,12,16-17H,3-4,7-9,11H2,1H3;1H. The number of piperidine rings is 1. The van der Waals surface area contributed by atoms with Crippen LogP contribution in [-0.2, 0) is 14.8 Å². The zero-order valence-corrected chi connectivity index (χ0v) is 16.0. The van der Waals surface area contributed by atoms with Gasteiger partial charge in [-0.05, 0) is 26.0 Å². The molecule has 0 spiro atoms. The Kier molecular flexibility index (Phi) is 8.41. The second-order valence-corrected chi connectivity index (χ2v) is 7.64. The Hall–Kier alpha value is -1.75. The lowest BCUT2D eigenvalue weighted by Crippen LogP contribution is -2.47. The summed E-state index contributed by atoms with van der Waals surface area (Å²) in [6.45, 7) is 1.24. The van der Waals surface area contributed by atoms with E-state index in [-0.39, 0.29) is 47.9 Å². The molecule has 0 radical (unpaired) electrons. The van der Waals surface area contributed by atoms with Crippen LogP contribution in [0.25, 0.3) is 0 Å². The van der Waals surface area contributed by atoms with Crippen LogP contribution in [0.3, 0.4) is 0 Å². The number of amides is 1. The van der Waals surface area contributed by atoms with E-state index in [1.165, 1.54) is 18.2 Å². The fourth-order valence-corrected chi connectivity index (χ4v) is 3.81. The van der Waals surface area contributed by atoms with Crippen LogP contribution in [0.5, 0.6) is 0 Å². The number of non-ortho nitro benzene ring substituents is 1. The molecule has 1 fully saturated rings. The third kappa shape index (κ3) is 5.90. The van der Waals surface area contributed by atoms with E-state index in [0.717, 1.165) is 18.9 Å². The third-order valence-electron chi connectivity index (χ3n) is 4.15. The van der Waals surface area contributed by atoms with Crippen LogP contribution in [0.2, 0.25) is 0 Å². The molecule has 0 saturated carbocycles. The first-order chi connectivity index (χ1) is 11.8. The number of nitrogens with zero attached hydrogens (tertiary/aromatic N) is 2. The molecule has 9 nitrogen and oxygen atoms in total. The number of nitro groups is 1. The SMILES string of the molecule is CNC1CCCN(C(=O)CCNS(=O)(=O)c2cccc([N+](=O)[O-])c2)C1.Cl. The summed E-state index contributed by atoms with van der Waals surface area (Å²) in [7, 11) is -2.04. The molecule has 0 bridgehead atoms. The molecule has 2 N–H and O–H groups in total. The summed E-state index contributed by atoms with van der Waals surface area (Å²) in [4.78, 5) is 23.8. The first kappa shape index (κ1) is 22.3. The van der Waals surface area contributed by atoms with Crippen molar-refractivity contribution < 1.29 is 18.1 Å². The Balaban J connectivity index is 0.00000338. The van der Waals surface area contributed by atoms with E-state index in [9.17, 15) is 23.3 Å². The second kappa shape index (κ2) is 9.81. The summed E-state index contributed by atoms with van der Waals surface area (Å²) in [6.07, 6.45) is 1.97. The Labute approximate surface area is 158 Å². The number of hydrogen-bond acceptors (Lipinski definition) is 6. The summed E-state index contributed by atoms with van der Waals surface area (Å²) < 4.78 is 26.7. The molecule has 1 saturated heterocycles. The maximum atomic E-state index is 12.2. The molecule has 0 aromatic heterocycles. The van der Waals surface area contributed by atoms with Gasteiger partial charge in [-0.3, -0.25) is 14.9 Å². The molecule has 1 aliphatic rings. The predicted molar refractivity (Wildman–Crippen MR) is 98.8 cm³/mol. The summed E-state index contributed by atoms with van der Waals surface area (Å²) in [5.74, 6) is -0.110. The second-order valence-electron chi connectivity index (χ2n) is 5.87. The predicted octanol–water partition coefficient (Wildman–Crippen LogP) is 0.895. The number of nitrogens with one attached hydrogen (secondary N) is 2. The molecule has 1 amide bonds. The van der Waals surface area contributed by atoms with E-state index in [2.05, 4.69) is 10.0 Å². The minimum atomic E-state index is -3.90. The number of likely N-dealkylation sites (N-methyl/N-ethyl adjacent to an activating group) is 1. The molecule has 1 aromatic carbocycles. The van der Waals surface area contributed by atoms with Crippen LogP contribution in [0.15, 0.2) is 29.2 Å². The van der Waals surface area contributed by atoms with Gasteiger partial charge in [-0.15, -0.1) is 12.4 Å². The molecule has 1 aromatic rings. The van der Waals surface area contributed by atoms with Crippen LogP contribution in [0, 0.1) is 10.1 Å². The summed E-state index contributed by atoms with van der Waals surface area (Å²) in [5.41, 5.74) is -0.301. The molecule has 146 valence electrons. The van der Waals surface area contributed by atoms with Gasteiger partial charge in [0.05, 0.1) is 9.82 Å². The number of rotatable bonds is 7. The molecular weight excluding hydrogens is 384 g/mol. The van der Waals surface area contributed by atoms with Crippen molar-refractivity contribution in [3.8, 4) is 0 Å². The van der Waals surface area contributed by atoms with Gasteiger partial charge in [0.1, 0.15) is 0 Å². The van der Waals surface area contributed by atoms with Gasteiger partial charge in [-0.25, -0.2) is 13.1 Å². The number of benzene rings is 1. The maximum Gasteiger partial charge on any atom is 0.270 e. The maximum absolute atomic E-state index is 12.2. The van der Waals surface area contributed by atoms with E-state index in [0.29, 0.717) is 13.1 Å². The quantitative estimate of drug-likeness (QED) is 0.512. The average molecular weight is 407 g/mol. The zero-order chi connectivity index (χ0) is 18.4. The molecular formula is C15H23ClN4O5S. The van der Waals surface area contributed by atoms with Crippen LogP contribution in [0.4, 0.5) is 5.69 Å². The number of halogens is 1. The van der Waals surface area contributed by atoms with Gasteiger partial charge in [0.15, 0.2) is 0 Å². The van der Waals surface area contributed by atoms with Crippen molar-refractivity contribution in [2.45, 2.75) is 30.2 Å². The fourth-order valence-electron chi connectivity index (χ4n) is 2.74. The highest BCUT2D eigenvalue weighted by molar-refractivity contribution is 7.89. The molecule has 1 heterocycles. The highest BCUT2D eigenvalue weighted by atomic mass is 35.5. The minimum absolute atomic E-state index is 0. The summed E-state index contributed by atoms with van der Waals surface area (Å²) >= 11 is 0. The molecule has 2 rings (SSSR count). The zero-order valence-electron chi connectivity index (χ0n) is 14.4. The van der Waals surface area contributed by atoms with Crippen molar-refractivity contribution in [2.75, 3.05) is 26.7 Å². The monoisotopic (exact) mass is 406 g/mol. The van der Waals surface area contributed by atoms with Gasteiger partial charge in [0.25, 0.3) is 5.69 Å². The number of carbonyl (C=O) groups excluding carboxylic acids is 1. The van der Waals surface area contributed by atoms with Gasteiger partial charge >= 0.3 is 0 Å². The van der Waals surface area contributed by atoms with Crippen molar-refractivity contribution in [3.63, 3.8) is 0 Å². The highest BCUT2D eigenvalue weighted by Gasteiger charge is 2.23. The molecule has 1 atom stereocenters. The first-order valence-corrected chi connectivity index (χ1v) is 9.51. The number of carbonyl (C=O) groups is 1. The van der Waals surface area contributed by atoms with Gasteiger partial charge in [0.2, 0.25) is 15.9 Å². The van der Waals surface area contributed by atoms with Gasteiger partial charge in [-0.1, -0.05) is 6.07 Å². The van der Waals surface area contributed by atoms with E-state index in [4.69, 9.17) is 0 Å². The Morgan fingerprint density at radius 2 is 2.15 bits per heavy atom. The van der Waals surface area contributed by atoms with Crippen molar-refractivity contribution in [3.05, 3.63) is 34.4 Å². The molecule has 1 unspecified atom stereocenters.